The third-order valence-corrected chi connectivity index (χ3v) is 3.58. The second kappa shape index (κ2) is 3.58. The summed E-state index contributed by atoms with van der Waals surface area (Å²) in [5, 5.41) is 3.49. The summed E-state index contributed by atoms with van der Waals surface area (Å²) >= 11 is 0. The SMILES string of the molecule is CC(C)C1CNc2cc3c(cc2C1)OCO3. The first-order valence-corrected chi connectivity index (χ1v) is 5.90. The number of hydrogen-bond acceptors (Lipinski definition) is 3. The fourth-order valence-electron chi connectivity index (χ4n) is 2.38. The quantitative estimate of drug-likeness (QED) is 0.787. The lowest BCUT2D eigenvalue weighted by Gasteiger charge is -2.29. The van der Waals surface area contributed by atoms with Gasteiger partial charge in [0.25, 0.3) is 0 Å². The Morgan fingerprint density at radius 3 is 2.75 bits per heavy atom. The molecule has 3 nitrogen and oxygen atoms in total. The highest BCUT2D eigenvalue weighted by Crippen LogP contribution is 2.40. The topological polar surface area (TPSA) is 30.5 Å². The molecule has 2 aliphatic rings. The first-order chi connectivity index (χ1) is 7.74. The maximum atomic E-state index is 5.41. The highest BCUT2D eigenvalue weighted by molar-refractivity contribution is 5.62. The Bertz CT molecular complexity index is 415. The van der Waals surface area contributed by atoms with E-state index in [-0.39, 0.29) is 0 Å². The second-order valence-corrected chi connectivity index (χ2v) is 4.95. The Morgan fingerprint density at radius 1 is 1.25 bits per heavy atom. The number of rotatable bonds is 1. The predicted octanol–water partition coefficient (Wildman–Crippen LogP) is 2.66. The molecule has 1 atom stereocenters. The summed E-state index contributed by atoms with van der Waals surface area (Å²) in [6, 6.07) is 4.19. The van der Waals surface area contributed by atoms with Gasteiger partial charge >= 0.3 is 0 Å². The van der Waals surface area contributed by atoms with Crippen LogP contribution in [0.15, 0.2) is 12.1 Å². The average Bonchev–Trinajstić information content (AvgIpc) is 2.71. The molecule has 0 radical (unpaired) electrons. The van der Waals surface area contributed by atoms with Crippen LogP contribution < -0.4 is 14.8 Å². The Balaban J connectivity index is 1.93. The molecule has 0 spiro atoms. The van der Waals surface area contributed by atoms with Gasteiger partial charge in [0.2, 0.25) is 6.79 Å². The first-order valence-electron chi connectivity index (χ1n) is 5.90. The van der Waals surface area contributed by atoms with Crippen LogP contribution in [0.2, 0.25) is 0 Å². The van der Waals surface area contributed by atoms with Gasteiger partial charge in [-0.1, -0.05) is 13.8 Å². The summed E-state index contributed by atoms with van der Waals surface area (Å²) in [5.41, 5.74) is 2.57. The zero-order valence-electron chi connectivity index (χ0n) is 9.75. The van der Waals surface area contributed by atoms with Crippen molar-refractivity contribution < 1.29 is 9.47 Å². The van der Waals surface area contributed by atoms with E-state index in [4.69, 9.17) is 9.47 Å². The Morgan fingerprint density at radius 2 is 2.00 bits per heavy atom. The van der Waals surface area contributed by atoms with E-state index in [0.717, 1.165) is 24.5 Å². The molecule has 1 aromatic rings. The number of hydrogen-bond donors (Lipinski definition) is 1. The van der Waals surface area contributed by atoms with E-state index < -0.39 is 0 Å². The van der Waals surface area contributed by atoms with Gasteiger partial charge in [-0.25, -0.2) is 0 Å². The zero-order valence-corrected chi connectivity index (χ0v) is 9.75. The lowest BCUT2D eigenvalue weighted by atomic mass is 9.86. The minimum Gasteiger partial charge on any atom is -0.454 e. The molecule has 86 valence electrons. The fraction of sp³-hybridized carbons (Fsp3) is 0.538. The Kier molecular flexibility index (Phi) is 2.20. The molecule has 1 N–H and O–H groups in total. The van der Waals surface area contributed by atoms with Crippen molar-refractivity contribution in [3.8, 4) is 11.5 Å². The third kappa shape index (κ3) is 1.51. The molecule has 16 heavy (non-hydrogen) atoms. The van der Waals surface area contributed by atoms with Crippen LogP contribution in [0.25, 0.3) is 0 Å². The summed E-state index contributed by atoms with van der Waals surface area (Å²) in [7, 11) is 0. The van der Waals surface area contributed by atoms with Crippen LogP contribution in [0.3, 0.4) is 0 Å². The predicted molar refractivity (Wildman–Crippen MR) is 63.1 cm³/mol. The molecule has 1 unspecified atom stereocenters. The maximum Gasteiger partial charge on any atom is 0.231 e. The second-order valence-electron chi connectivity index (χ2n) is 4.95. The molecule has 0 bridgehead atoms. The van der Waals surface area contributed by atoms with Crippen LogP contribution in [0.5, 0.6) is 11.5 Å². The molecule has 3 rings (SSSR count). The van der Waals surface area contributed by atoms with Crippen molar-refractivity contribution in [2.45, 2.75) is 20.3 Å². The van der Waals surface area contributed by atoms with Gasteiger partial charge in [-0.3, -0.25) is 0 Å². The van der Waals surface area contributed by atoms with Crippen molar-refractivity contribution in [1.82, 2.24) is 0 Å². The van der Waals surface area contributed by atoms with E-state index in [2.05, 4.69) is 31.3 Å². The van der Waals surface area contributed by atoms with E-state index in [9.17, 15) is 0 Å². The van der Waals surface area contributed by atoms with Crippen molar-refractivity contribution in [1.29, 1.82) is 0 Å². The van der Waals surface area contributed by atoms with Crippen LogP contribution >= 0.6 is 0 Å². The van der Waals surface area contributed by atoms with Gasteiger partial charge in [-0.05, 0) is 29.9 Å². The maximum absolute atomic E-state index is 5.41. The summed E-state index contributed by atoms with van der Waals surface area (Å²) in [6.45, 7) is 5.98. The van der Waals surface area contributed by atoms with Gasteiger partial charge in [0.05, 0.1) is 0 Å². The lowest BCUT2D eigenvalue weighted by molar-refractivity contribution is 0.174. The van der Waals surface area contributed by atoms with E-state index >= 15 is 0 Å². The molecule has 2 heterocycles. The van der Waals surface area contributed by atoms with Gasteiger partial charge in [0, 0.05) is 18.3 Å². The molecule has 0 fully saturated rings. The average molecular weight is 219 g/mol. The van der Waals surface area contributed by atoms with E-state index in [0.29, 0.717) is 18.6 Å². The van der Waals surface area contributed by atoms with Gasteiger partial charge in [0.15, 0.2) is 11.5 Å². The fourth-order valence-corrected chi connectivity index (χ4v) is 2.38. The highest BCUT2D eigenvalue weighted by Gasteiger charge is 2.24. The van der Waals surface area contributed by atoms with Crippen LogP contribution in [-0.4, -0.2) is 13.3 Å². The van der Waals surface area contributed by atoms with E-state index in [1.54, 1.807) is 0 Å². The molecule has 1 aromatic carbocycles. The molecule has 0 amide bonds. The molecular formula is C13H17NO2. The molecule has 0 aromatic heterocycles. The number of benzene rings is 1. The summed E-state index contributed by atoms with van der Waals surface area (Å²) < 4.78 is 10.8. The Hall–Kier alpha value is -1.38. The smallest absolute Gasteiger partial charge is 0.231 e. The van der Waals surface area contributed by atoms with Gasteiger partial charge in [-0.15, -0.1) is 0 Å². The normalized spacial score (nSPS) is 21.8. The van der Waals surface area contributed by atoms with Crippen molar-refractivity contribution in [2.24, 2.45) is 11.8 Å². The Labute approximate surface area is 95.8 Å². The summed E-state index contributed by atoms with van der Waals surface area (Å²) in [5.74, 6) is 3.19. The van der Waals surface area contributed by atoms with Gasteiger partial charge in [0.1, 0.15) is 0 Å². The third-order valence-electron chi connectivity index (χ3n) is 3.58. The summed E-state index contributed by atoms with van der Waals surface area (Å²) in [4.78, 5) is 0. The van der Waals surface area contributed by atoms with Gasteiger partial charge in [-0.2, -0.15) is 0 Å². The molecule has 2 aliphatic heterocycles. The van der Waals surface area contributed by atoms with Crippen molar-refractivity contribution in [3.05, 3.63) is 17.7 Å². The van der Waals surface area contributed by atoms with Crippen molar-refractivity contribution >= 4 is 5.69 Å². The van der Waals surface area contributed by atoms with Crippen LogP contribution in [0, 0.1) is 11.8 Å². The minimum absolute atomic E-state index is 0.353. The number of ether oxygens (including phenoxy) is 2. The molecule has 3 heteroatoms. The number of fused-ring (bicyclic) bond motifs is 2. The zero-order chi connectivity index (χ0) is 11.1. The summed E-state index contributed by atoms with van der Waals surface area (Å²) in [6.07, 6.45) is 1.14. The molecule has 0 saturated carbocycles. The standard InChI is InChI=1S/C13H17NO2/c1-8(2)10-3-9-4-12-13(16-7-15-12)5-11(9)14-6-10/h4-5,8,10,14H,3,6-7H2,1-2H3. The minimum atomic E-state index is 0.353. The highest BCUT2D eigenvalue weighted by atomic mass is 16.7. The lowest BCUT2D eigenvalue weighted by Crippen LogP contribution is -2.26. The monoisotopic (exact) mass is 219 g/mol. The number of anilines is 1. The molecule has 0 aliphatic carbocycles. The van der Waals surface area contributed by atoms with Crippen molar-refractivity contribution in [2.75, 3.05) is 18.7 Å². The van der Waals surface area contributed by atoms with Crippen LogP contribution in [0.4, 0.5) is 5.69 Å². The molecular weight excluding hydrogens is 202 g/mol. The number of nitrogens with one attached hydrogen (secondary N) is 1. The van der Waals surface area contributed by atoms with E-state index in [1.807, 2.05) is 0 Å². The van der Waals surface area contributed by atoms with Crippen LogP contribution in [-0.2, 0) is 6.42 Å². The van der Waals surface area contributed by atoms with Crippen LogP contribution in [0.1, 0.15) is 19.4 Å². The first kappa shape index (κ1) is 9.82. The van der Waals surface area contributed by atoms with E-state index in [1.165, 1.54) is 11.3 Å². The van der Waals surface area contributed by atoms with Gasteiger partial charge < -0.3 is 14.8 Å². The molecule has 0 saturated heterocycles. The largest absolute Gasteiger partial charge is 0.454 e. The van der Waals surface area contributed by atoms with Crippen molar-refractivity contribution in [3.63, 3.8) is 0 Å².